The van der Waals surface area contributed by atoms with E-state index in [4.69, 9.17) is 8.92 Å². The zero-order chi connectivity index (χ0) is 25.4. The minimum Gasteiger partial charge on any atom is -0.460 e. The minimum absolute atomic E-state index is 0.138. The Balaban J connectivity index is 2.83. The molecule has 0 heterocycles. The van der Waals surface area contributed by atoms with E-state index in [0.29, 0.717) is 18.8 Å². The van der Waals surface area contributed by atoms with Crippen LogP contribution >= 0.6 is 0 Å². The van der Waals surface area contributed by atoms with E-state index in [2.05, 4.69) is 20.8 Å². The Kier molecular flexibility index (Phi) is 15.4. The first-order chi connectivity index (χ1) is 16.2. The molecular weight excluding hydrogens is 448 g/mol. The molecule has 0 aliphatic carbocycles. The quantitative estimate of drug-likeness (QED) is 0.111. The molecular formula is C28H48O5S. The van der Waals surface area contributed by atoms with Crippen LogP contribution in [0.3, 0.4) is 0 Å². The number of hydrogen-bond acceptors (Lipinski definition) is 5. The summed E-state index contributed by atoms with van der Waals surface area (Å²) in [6, 6.07) is 6.66. The Bertz CT molecular complexity index is 770. The SMILES string of the molecule is CCCCCCCCCC[C@H](OC(C)=O)[C@H](CCCCC(C)C)OS(=O)(=O)c1ccc(C)cc1. The minimum atomic E-state index is -3.95. The highest BCUT2D eigenvalue weighted by atomic mass is 32.2. The number of ether oxygens (including phenoxy) is 1. The molecule has 0 spiro atoms. The van der Waals surface area contributed by atoms with Crippen LogP contribution in [0.1, 0.15) is 117 Å². The Morgan fingerprint density at radius 1 is 0.794 bits per heavy atom. The van der Waals surface area contributed by atoms with E-state index in [1.54, 1.807) is 24.3 Å². The lowest BCUT2D eigenvalue weighted by molar-refractivity contribution is -0.152. The predicted molar refractivity (Wildman–Crippen MR) is 139 cm³/mol. The van der Waals surface area contributed by atoms with Gasteiger partial charge in [-0.3, -0.25) is 8.98 Å². The van der Waals surface area contributed by atoms with Gasteiger partial charge in [-0.1, -0.05) is 103 Å². The van der Waals surface area contributed by atoms with Gasteiger partial charge in [0.2, 0.25) is 0 Å². The topological polar surface area (TPSA) is 69.7 Å². The van der Waals surface area contributed by atoms with Crippen LogP contribution < -0.4 is 0 Å². The first-order valence-electron chi connectivity index (χ1n) is 13.3. The second kappa shape index (κ2) is 17.1. The van der Waals surface area contributed by atoms with Gasteiger partial charge in [-0.05, 0) is 44.2 Å². The molecule has 0 N–H and O–H groups in total. The van der Waals surface area contributed by atoms with Crippen LogP contribution in [0.25, 0.3) is 0 Å². The lowest BCUT2D eigenvalue weighted by atomic mass is 9.98. The fourth-order valence-electron chi connectivity index (χ4n) is 4.13. The molecule has 0 fully saturated rings. The molecule has 34 heavy (non-hydrogen) atoms. The molecule has 0 aliphatic rings. The summed E-state index contributed by atoms with van der Waals surface area (Å²) < 4.78 is 37.4. The van der Waals surface area contributed by atoms with Gasteiger partial charge in [0, 0.05) is 6.92 Å². The van der Waals surface area contributed by atoms with Crippen molar-refractivity contribution in [3.8, 4) is 0 Å². The Morgan fingerprint density at radius 3 is 1.85 bits per heavy atom. The number of benzene rings is 1. The second-order valence-electron chi connectivity index (χ2n) is 9.99. The number of hydrogen-bond donors (Lipinski definition) is 0. The molecule has 0 bridgehead atoms. The van der Waals surface area contributed by atoms with Gasteiger partial charge in [-0.25, -0.2) is 0 Å². The molecule has 0 aliphatic heterocycles. The van der Waals surface area contributed by atoms with Crippen molar-refractivity contribution in [2.45, 2.75) is 135 Å². The Hall–Kier alpha value is -1.40. The largest absolute Gasteiger partial charge is 0.460 e. The van der Waals surface area contributed by atoms with Crippen LogP contribution in [0.5, 0.6) is 0 Å². The van der Waals surface area contributed by atoms with Gasteiger partial charge >= 0.3 is 5.97 Å². The number of carbonyl (C=O) groups is 1. The third kappa shape index (κ3) is 13.5. The summed E-state index contributed by atoms with van der Waals surface area (Å²) in [5.74, 6) is 0.199. The number of unbranched alkanes of at least 4 members (excludes halogenated alkanes) is 8. The van der Waals surface area contributed by atoms with Crippen molar-refractivity contribution in [3.63, 3.8) is 0 Å². The van der Waals surface area contributed by atoms with Crippen LogP contribution in [-0.2, 0) is 23.8 Å². The predicted octanol–water partition coefficient (Wildman–Crippen LogP) is 7.75. The number of aryl methyl sites for hydroxylation is 1. The van der Waals surface area contributed by atoms with Crippen molar-refractivity contribution < 1.29 is 22.1 Å². The van der Waals surface area contributed by atoms with Crippen LogP contribution in [-0.4, -0.2) is 26.6 Å². The molecule has 1 aromatic rings. The van der Waals surface area contributed by atoms with E-state index in [-0.39, 0.29) is 4.90 Å². The van der Waals surface area contributed by atoms with Crippen molar-refractivity contribution in [1.29, 1.82) is 0 Å². The molecule has 5 nitrogen and oxygen atoms in total. The van der Waals surface area contributed by atoms with Gasteiger partial charge < -0.3 is 4.74 Å². The van der Waals surface area contributed by atoms with E-state index in [1.807, 2.05) is 6.92 Å². The van der Waals surface area contributed by atoms with Gasteiger partial charge in [0.05, 0.1) is 4.90 Å². The van der Waals surface area contributed by atoms with Crippen molar-refractivity contribution in [2.24, 2.45) is 5.92 Å². The normalized spacial score (nSPS) is 13.7. The number of rotatable bonds is 19. The zero-order valence-electron chi connectivity index (χ0n) is 22.2. The van der Waals surface area contributed by atoms with Crippen molar-refractivity contribution in [2.75, 3.05) is 0 Å². The number of carbonyl (C=O) groups excluding carboxylic acids is 1. The van der Waals surface area contributed by atoms with Crippen molar-refractivity contribution in [3.05, 3.63) is 29.8 Å². The van der Waals surface area contributed by atoms with E-state index in [0.717, 1.165) is 44.1 Å². The highest BCUT2D eigenvalue weighted by Crippen LogP contribution is 2.25. The van der Waals surface area contributed by atoms with E-state index >= 15 is 0 Å². The summed E-state index contributed by atoms with van der Waals surface area (Å²) >= 11 is 0. The Labute approximate surface area is 209 Å². The second-order valence-corrected chi connectivity index (χ2v) is 11.6. The van der Waals surface area contributed by atoms with E-state index < -0.39 is 28.3 Å². The molecule has 1 aromatic carbocycles. The molecule has 0 aromatic heterocycles. The fraction of sp³-hybridized carbons (Fsp3) is 0.750. The van der Waals surface area contributed by atoms with Gasteiger partial charge in [0.25, 0.3) is 10.1 Å². The standard InChI is InChI=1S/C28H48O5S/c1-6-7-8-9-10-11-12-13-17-27(32-25(5)29)28(18-15-14-16-23(2)3)33-34(30,31)26-21-19-24(4)20-22-26/h19-23,27-28H,6-18H2,1-5H3/t27-,28-/m0/s1. The molecule has 0 radical (unpaired) electrons. The van der Waals surface area contributed by atoms with Crippen LogP contribution in [0.15, 0.2) is 29.2 Å². The molecule has 0 saturated heterocycles. The van der Waals surface area contributed by atoms with Crippen LogP contribution in [0.2, 0.25) is 0 Å². The summed E-state index contributed by atoms with van der Waals surface area (Å²) in [7, 11) is -3.95. The monoisotopic (exact) mass is 496 g/mol. The molecule has 6 heteroatoms. The third-order valence-corrected chi connectivity index (χ3v) is 7.50. The maximum atomic E-state index is 13.0. The average Bonchev–Trinajstić information content (AvgIpc) is 2.76. The van der Waals surface area contributed by atoms with Crippen LogP contribution in [0.4, 0.5) is 0 Å². The van der Waals surface area contributed by atoms with Gasteiger partial charge in [-0.15, -0.1) is 0 Å². The number of esters is 1. The molecule has 1 rings (SSSR count). The fourth-order valence-corrected chi connectivity index (χ4v) is 5.26. The molecule has 0 amide bonds. The van der Waals surface area contributed by atoms with Gasteiger partial charge in [0.15, 0.2) is 0 Å². The molecule has 0 saturated carbocycles. The van der Waals surface area contributed by atoms with Crippen molar-refractivity contribution >= 4 is 16.1 Å². The van der Waals surface area contributed by atoms with Crippen molar-refractivity contribution in [1.82, 2.24) is 0 Å². The van der Waals surface area contributed by atoms with Gasteiger partial charge in [0.1, 0.15) is 12.2 Å². The molecule has 0 unspecified atom stereocenters. The zero-order valence-corrected chi connectivity index (χ0v) is 23.0. The maximum absolute atomic E-state index is 13.0. The highest BCUT2D eigenvalue weighted by Gasteiger charge is 2.30. The smallest absolute Gasteiger partial charge is 0.302 e. The summed E-state index contributed by atoms with van der Waals surface area (Å²) in [5.41, 5.74) is 0.983. The lowest BCUT2D eigenvalue weighted by Crippen LogP contribution is -2.35. The van der Waals surface area contributed by atoms with E-state index in [1.165, 1.54) is 39.0 Å². The summed E-state index contributed by atoms with van der Waals surface area (Å²) in [4.78, 5) is 12.0. The van der Waals surface area contributed by atoms with E-state index in [9.17, 15) is 13.2 Å². The molecule has 2 atom stereocenters. The first kappa shape index (κ1) is 30.6. The third-order valence-electron chi connectivity index (χ3n) is 6.15. The van der Waals surface area contributed by atoms with Crippen LogP contribution in [0, 0.1) is 12.8 Å². The maximum Gasteiger partial charge on any atom is 0.302 e. The summed E-state index contributed by atoms with van der Waals surface area (Å²) in [5, 5.41) is 0. The van der Waals surface area contributed by atoms with Gasteiger partial charge in [-0.2, -0.15) is 8.42 Å². The summed E-state index contributed by atoms with van der Waals surface area (Å²) in [6.45, 7) is 9.87. The molecule has 196 valence electrons. The summed E-state index contributed by atoms with van der Waals surface area (Å²) in [6.07, 6.45) is 12.2. The highest BCUT2D eigenvalue weighted by molar-refractivity contribution is 7.86. The average molecular weight is 497 g/mol. The lowest BCUT2D eigenvalue weighted by Gasteiger charge is -2.27. The Morgan fingerprint density at radius 2 is 1.29 bits per heavy atom. The first-order valence-corrected chi connectivity index (χ1v) is 14.7.